The van der Waals surface area contributed by atoms with E-state index in [1.807, 2.05) is 38.1 Å². The topological polar surface area (TPSA) is 66.2 Å². The van der Waals surface area contributed by atoms with Gasteiger partial charge in [-0.3, -0.25) is 4.79 Å². The maximum Gasteiger partial charge on any atom is 0.316 e. The van der Waals surface area contributed by atoms with Gasteiger partial charge in [-0.05, 0) is 32.5 Å². The standard InChI is InChI=1S/C21H22ClN3O2S/c1-13(2)27-19(26)12-28-21-15(10-23)20(14-6-4-5-7-17(14)22)16-11-25(3)9-8-18(16)24-21/h4-7,13H,8-9,11-12H2,1-3H3. The van der Waals surface area contributed by atoms with Gasteiger partial charge in [-0.25, -0.2) is 4.98 Å². The number of nitrogens with zero attached hydrogens (tertiary/aromatic N) is 3. The molecule has 146 valence electrons. The summed E-state index contributed by atoms with van der Waals surface area (Å²) in [5.74, 6) is -0.206. The highest BCUT2D eigenvalue weighted by atomic mass is 35.5. The van der Waals surface area contributed by atoms with Crippen LogP contribution in [0.1, 0.15) is 30.7 Å². The molecule has 5 nitrogen and oxygen atoms in total. The number of likely N-dealkylation sites (N-methyl/N-ethyl adjacent to an activating group) is 1. The van der Waals surface area contributed by atoms with Crippen molar-refractivity contribution in [3.8, 4) is 17.2 Å². The fourth-order valence-corrected chi connectivity index (χ4v) is 4.28. The lowest BCUT2D eigenvalue weighted by Crippen LogP contribution is -2.28. The van der Waals surface area contributed by atoms with E-state index in [0.717, 1.165) is 35.3 Å². The van der Waals surface area contributed by atoms with Crippen LogP contribution in [0.15, 0.2) is 29.3 Å². The van der Waals surface area contributed by atoms with Gasteiger partial charge in [-0.15, -0.1) is 0 Å². The lowest BCUT2D eigenvalue weighted by atomic mass is 9.92. The maximum absolute atomic E-state index is 12.0. The molecule has 0 fully saturated rings. The second kappa shape index (κ2) is 8.95. The molecule has 0 saturated carbocycles. The number of fused-ring (bicyclic) bond motifs is 1. The summed E-state index contributed by atoms with van der Waals surface area (Å²) in [6.45, 7) is 5.23. The van der Waals surface area contributed by atoms with Gasteiger partial charge in [0.05, 0.1) is 17.4 Å². The second-order valence-electron chi connectivity index (χ2n) is 7.00. The fraction of sp³-hybridized carbons (Fsp3) is 0.381. The average molecular weight is 416 g/mol. The van der Waals surface area contributed by atoms with E-state index in [0.29, 0.717) is 22.2 Å². The van der Waals surface area contributed by atoms with Gasteiger partial charge < -0.3 is 9.64 Å². The smallest absolute Gasteiger partial charge is 0.316 e. The molecule has 0 radical (unpaired) electrons. The number of esters is 1. The van der Waals surface area contributed by atoms with E-state index in [1.165, 1.54) is 11.8 Å². The molecule has 28 heavy (non-hydrogen) atoms. The van der Waals surface area contributed by atoms with Gasteiger partial charge in [-0.1, -0.05) is 41.6 Å². The summed E-state index contributed by atoms with van der Waals surface area (Å²) >= 11 is 7.72. The molecule has 1 aromatic carbocycles. The predicted molar refractivity (Wildman–Crippen MR) is 111 cm³/mol. The number of thioether (sulfide) groups is 1. The minimum atomic E-state index is -0.317. The van der Waals surface area contributed by atoms with E-state index in [2.05, 4.69) is 18.0 Å². The van der Waals surface area contributed by atoms with Crippen molar-refractivity contribution in [2.45, 2.75) is 37.9 Å². The summed E-state index contributed by atoms with van der Waals surface area (Å²) in [7, 11) is 2.05. The Hall–Kier alpha value is -2.07. The zero-order chi connectivity index (χ0) is 20.3. The molecule has 0 amide bonds. The van der Waals surface area contributed by atoms with Crippen molar-refractivity contribution >= 4 is 29.3 Å². The molecule has 0 atom stereocenters. The van der Waals surface area contributed by atoms with Gasteiger partial charge in [0.15, 0.2) is 0 Å². The van der Waals surface area contributed by atoms with Gasteiger partial charge in [0.25, 0.3) is 0 Å². The second-order valence-corrected chi connectivity index (χ2v) is 8.37. The van der Waals surface area contributed by atoms with Crippen LogP contribution in [0.5, 0.6) is 0 Å². The summed E-state index contributed by atoms with van der Waals surface area (Å²) in [6.07, 6.45) is 0.619. The number of hydrogen-bond acceptors (Lipinski definition) is 6. The number of rotatable bonds is 5. The molecule has 2 heterocycles. The van der Waals surface area contributed by atoms with Crippen LogP contribution in [-0.2, 0) is 22.5 Å². The van der Waals surface area contributed by atoms with Crippen molar-refractivity contribution < 1.29 is 9.53 Å². The fourth-order valence-electron chi connectivity index (χ4n) is 3.26. The number of carbonyl (C=O) groups excluding carboxylic acids is 1. The third-order valence-corrected chi connectivity index (χ3v) is 5.74. The molecule has 2 aromatic rings. The number of aromatic nitrogens is 1. The molecule has 0 unspecified atom stereocenters. The molecule has 1 aliphatic rings. The Morgan fingerprint density at radius 3 is 2.86 bits per heavy atom. The summed E-state index contributed by atoms with van der Waals surface area (Å²) in [6, 6.07) is 9.84. The highest BCUT2D eigenvalue weighted by Crippen LogP contribution is 2.39. The van der Waals surface area contributed by atoms with E-state index in [4.69, 9.17) is 21.3 Å². The summed E-state index contributed by atoms with van der Waals surface area (Å²) in [5.41, 5.74) is 4.11. The first-order chi connectivity index (χ1) is 13.4. The zero-order valence-corrected chi connectivity index (χ0v) is 17.7. The Labute approximate surface area is 174 Å². The van der Waals surface area contributed by atoms with Crippen LogP contribution in [0.4, 0.5) is 0 Å². The van der Waals surface area contributed by atoms with E-state index >= 15 is 0 Å². The molecule has 0 N–H and O–H groups in total. The first kappa shape index (κ1) is 20.7. The van der Waals surface area contributed by atoms with Crippen LogP contribution in [-0.4, -0.2) is 41.3 Å². The Kier molecular flexibility index (Phi) is 6.61. The average Bonchev–Trinajstić information content (AvgIpc) is 2.65. The van der Waals surface area contributed by atoms with Gasteiger partial charge in [-0.2, -0.15) is 5.26 Å². The lowest BCUT2D eigenvalue weighted by Gasteiger charge is -2.28. The molecular formula is C21H22ClN3O2S. The third-order valence-electron chi connectivity index (χ3n) is 4.46. The number of carbonyl (C=O) groups is 1. The largest absolute Gasteiger partial charge is 0.462 e. The molecule has 1 aliphatic heterocycles. The molecule has 7 heteroatoms. The van der Waals surface area contributed by atoms with E-state index in [1.54, 1.807) is 0 Å². The van der Waals surface area contributed by atoms with Crippen molar-refractivity contribution in [2.75, 3.05) is 19.3 Å². The van der Waals surface area contributed by atoms with Crippen LogP contribution in [0.2, 0.25) is 5.02 Å². The summed E-state index contributed by atoms with van der Waals surface area (Å²) < 4.78 is 5.21. The first-order valence-electron chi connectivity index (χ1n) is 9.12. The Bertz CT molecular complexity index is 940. The van der Waals surface area contributed by atoms with Crippen molar-refractivity contribution in [3.63, 3.8) is 0 Å². The van der Waals surface area contributed by atoms with Gasteiger partial charge in [0.2, 0.25) is 0 Å². The quantitative estimate of drug-likeness (QED) is 0.535. The van der Waals surface area contributed by atoms with E-state index in [-0.39, 0.29) is 17.8 Å². The van der Waals surface area contributed by atoms with Gasteiger partial charge in [0.1, 0.15) is 11.1 Å². The predicted octanol–water partition coefficient (Wildman–Crippen LogP) is 4.31. The Morgan fingerprint density at radius 2 is 2.18 bits per heavy atom. The maximum atomic E-state index is 12.0. The minimum absolute atomic E-state index is 0.112. The highest BCUT2D eigenvalue weighted by Gasteiger charge is 2.26. The van der Waals surface area contributed by atoms with Crippen LogP contribution >= 0.6 is 23.4 Å². The molecular weight excluding hydrogens is 394 g/mol. The molecule has 3 rings (SSSR count). The van der Waals surface area contributed by atoms with Crippen LogP contribution in [0.25, 0.3) is 11.1 Å². The Balaban J connectivity index is 2.10. The molecule has 0 saturated heterocycles. The molecule has 0 spiro atoms. The van der Waals surface area contributed by atoms with Crippen LogP contribution in [0, 0.1) is 11.3 Å². The number of ether oxygens (including phenoxy) is 1. The molecule has 0 bridgehead atoms. The number of halogens is 1. The van der Waals surface area contributed by atoms with E-state index in [9.17, 15) is 10.1 Å². The lowest BCUT2D eigenvalue weighted by molar-refractivity contribution is -0.144. The Morgan fingerprint density at radius 1 is 1.43 bits per heavy atom. The van der Waals surface area contributed by atoms with Crippen molar-refractivity contribution in [3.05, 3.63) is 46.1 Å². The van der Waals surface area contributed by atoms with Crippen molar-refractivity contribution in [1.82, 2.24) is 9.88 Å². The summed E-state index contributed by atoms with van der Waals surface area (Å²) in [5, 5.41) is 11.1. The summed E-state index contributed by atoms with van der Waals surface area (Å²) in [4.78, 5) is 18.9. The number of pyridine rings is 1. The van der Waals surface area contributed by atoms with Crippen LogP contribution in [0.3, 0.4) is 0 Å². The zero-order valence-electron chi connectivity index (χ0n) is 16.2. The molecule has 1 aromatic heterocycles. The van der Waals surface area contributed by atoms with Gasteiger partial charge >= 0.3 is 5.97 Å². The number of benzene rings is 1. The minimum Gasteiger partial charge on any atom is -0.462 e. The van der Waals surface area contributed by atoms with Crippen molar-refractivity contribution in [2.24, 2.45) is 0 Å². The van der Waals surface area contributed by atoms with Gasteiger partial charge in [0, 0.05) is 41.4 Å². The van der Waals surface area contributed by atoms with Crippen molar-refractivity contribution in [1.29, 1.82) is 5.26 Å². The normalized spacial score (nSPS) is 13.9. The van der Waals surface area contributed by atoms with E-state index < -0.39 is 0 Å². The monoisotopic (exact) mass is 415 g/mol. The third kappa shape index (κ3) is 4.49. The first-order valence-corrected chi connectivity index (χ1v) is 10.5. The van der Waals surface area contributed by atoms with Crippen LogP contribution < -0.4 is 0 Å². The number of nitriles is 1. The molecule has 0 aliphatic carbocycles. The number of hydrogen-bond donors (Lipinski definition) is 0. The SMILES string of the molecule is CC(C)OC(=O)CSc1nc2c(c(-c3ccccc3Cl)c1C#N)CN(C)CC2. The highest BCUT2D eigenvalue weighted by molar-refractivity contribution is 7.99.